The summed E-state index contributed by atoms with van der Waals surface area (Å²) < 4.78 is 6.19. The Balaban J connectivity index is 1.73. The minimum atomic E-state index is -0.402. The van der Waals surface area contributed by atoms with Crippen LogP contribution in [0.4, 0.5) is 0 Å². The van der Waals surface area contributed by atoms with E-state index in [1.165, 1.54) is 0 Å². The van der Waals surface area contributed by atoms with Gasteiger partial charge < -0.3 is 4.74 Å². The van der Waals surface area contributed by atoms with Crippen molar-refractivity contribution >= 4 is 33.4 Å². The van der Waals surface area contributed by atoms with Gasteiger partial charge in [-0.05, 0) is 30.3 Å². The number of nitrogens with one attached hydrogen (secondary N) is 1. The molecule has 21 heavy (non-hydrogen) atoms. The zero-order valence-electron chi connectivity index (χ0n) is 11.0. The standard InChI is InChI=1S/C15H13BrClNO3/c16-11-6-7-14(17)13(10-11)15(19)18-21-9-8-20-12-4-2-1-3-5-12/h1-7,10H,8-9H2,(H,18,19). The van der Waals surface area contributed by atoms with Crippen molar-refractivity contribution in [3.8, 4) is 5.75 Å². The molecule has 6 heteroatoms. The van der Waals surface area contributed by atoms with Crippen LogP contribution in [-0.2, 0) is 4.84 Å². The maximum atomic E-state index is 11.9. The van der Waals surface area contributed by atoms with Gasteiger partial charge >= 0.3 is 0 Å². The third kappa shape index (κ3) is 5.04. The Labute approximate surface area is 136 Å². The summed E-state index contributed by atoms with van der Waals surface area (Å²) in [6.45, 7) is 0.558. The highest BCUT2D eigenvalue weighted by Gasteiger charge is 2.10. The summed E-state index contributed by atoms with van der Waals surface area (Å²) in [4.78, 5) is 16.9. The van der Waals surface area contributed by atoms with Crippen molar-refractivity contribution in [2.24, 2.45) is 0 Å². The first kappa shape index (κ1) is 15.8. The number of hydrogen-bond donors (Lipinski definition) is 1. The second kappa shape index (κ2) is 8.02. The smallest absolute Gasteiger partial charge is 0.276 e. The number of hydrogen-bond acceptors (Lipinski definition) is 3. The van der Waals surface area contributed by atoms with Crippen molar-refractivity contribution in [2.45, 2.75) is 0 Å². The molecule has 1 N–H and O–H groups in total. The molecule has 0 aliphatic rings. The molecule has 0 radical (unpaired) electrons. The summed E-state index contributed by atoms with van der Waals surface area (Å²) in [5, 5.41) is 0.361. The molecule has 0 aromatic heterocycles. The Kier molecular flexibility index (Phi) is 6.04. The van der Waals surface area contributed by atoms with Crippen LogP contribution in [-0.4, -0.2) is 19.1 Å². The molecule has 0 saturated carbocycles. The number of benzene rings is 2. The van der Waals surface area contributed by atoms with Crippen LogP contribution in [0.5, 0.6) is 5.75 Å². The maximum absolute atomic E-state index is 11.9. The highest BCUT2D eigenvalue weighted by molar-refractivity contribution is 9.10. The molecule has 0 heterocycles. The van der Waals surface area contributed by atoms with E-state index in [0.29, 0.717) is 17.2 Å². The lowest BCUT2D eigenvalue weighted by molar-refractivity contribution is 0.0200. The lowest BCUT2D eigenvalue weighted by Gasteiger charge is -2.08. The Morgan fingerprint density at radius 3 is 2.67 bits per heavy atom. The van der Waals surface area contributed by atoms with Gasteiger partial charge in [0.05, 0.1) is 10.6 Å². The van der Waals surface area contributed by atoms with Gasteiger partial charge in [0.15, 0.2) is 0 Å². The molecule has 0 aliphatic heterocycles. The van der Waals surface area contributed by atoms with E-state index in [9.17, 15) is 4.79 Å². The normalized spacial score (nSPS) is 10.2. The summed E-state index contributed by atoms with van der Waals surface area (Å²) in [7, 11) is 0. The van der Waals surface area contributed by atoms with Crippen molar-refractivity contribution in [1.82, 2.24) is 5.48 Å². The first-order chi connectivity index (χ1) is 10.2. The third-order valence-electron chi connectivity index (χ3n) is 2.54. The Morgan fingerprint density at radius 1 is 1.14 bits per heavy atom. The quantitative estimate of drug-likeness (QED) is 0.621. The Hall–Kier alpha value is -1.56. The molecule has 0 atom stereocenters. The van der Waals surface area contributed by atoms with Crippen LogP contribution >= 0.6 is 27.5 Å². The number of carbonyl (C=O) groups excluding carboxylic acids is 1. The van der Waals surface area contributed by atoms with Gasteiger partial charge in [0.25, 0.3) is 5.91 Å². The van der Waals surface area contributed by atoms with Crippen molar-refractivity contribution in [1.29, 1.82) is 0 Å². The SMILES string of the molecule is O=C(NOCCOc1ccccc1)c1cc(Br)ccc1Cl. The molecule has 0 saturated heterocycles. The zero-order valence-corrected chi connectivity index (χ0v) is 13.4. The van der Waals surface area contributed by atoms with Gasteiger partial charge in [-0.1, -0.05) is 45.7 Å². The van der Waals surface area contributed by atoms with E-state index in [4.69, 9.17) is 21.2 Å². The van der Waals surface area contributed by atoms with Crippen LogP contribution in [0.15, 0.2) is 53.0 Å². The first-order valence-electron chi connectivity index (χ1n) is 6.22. The third-order valence-corrected chi connectivity index (χ3v) is 3.36. The summed E-state index contributed by atoms with van der Waals surface area (Å²) in [6, 6.07) is 14.4. The average molecular weight is 371 g/mol. The highest BCUT2D eigenvalue weighted by atomic mass is 79.9. The van der Waals surface area contributed by atoms with E-state index >= 15 is 0 Å². The van der Waals surface area contributed by atoms with Crippen LogP contribution in [0.25, 0.3) is 0 Å². The van der Waals surface area contributed by atoms with E-state index in [1.807, 2.05) is 30.3 Å². The summed E-state index contributed by atoms with van der Waals surface area (Å²) >= 11 is 9.23. The largest absolute Gasteiger partial charge is 0.491 e. The van der Waals surface area contributed by atoms with E-state index in [0.717, 1.165) is 10.2 Å². The summed E-state index contributed by atoms with van der Waals surface area (Å²) in [5.74, 6) is 0.350. The molecular formula is C15H13BrClNO3. The molecule has 110 valence electrons. The van der Waals surface area contributed by atoms with Crippen LogP contribution in [0.2, 0.25) is 5.02 Å². The topological polar surface area (TPSA) is 47.6 Å². The molecule has 0 spiro atoms. The Bertz CT molecular complexity index is 607. The van der Waals surface area contributed by atoms with E-state index in [2.05, 4.69) is 21.4 Å². The maximum Gasteiger partial charge on any atom is 0.276 e. The second-order valence-electron chi connectivity index (χ2n) is 4.07. The Morgan fingerprint density at radius 2 is 1.90 bits per heavy atom. The fourth-order valence-electron chi connectivity index (χ4n) is 1.56. The zero-order chi connectivity index (χ0) is 15.1. The molecule has 0 fully saturated rings. The molecule has 0 unspecified atom stereocenters. The number of halogens is 2. The number of amides is 1. The molecule has 4 nitrogen and oxygen atoms in total. The minimum Gasteiger partial charge on any atom is -0.491 e. The minimum absolute atomic E-state index is 0.228. The lowest BCUT2D eigenvalue weighted by Crippen LogP contribution is -2.26. The predicted molar refractivity (Wildman–Crippen MR) is 84.5 cm³/mol. The van der Waals surface area contributed by atoms with Gasteiger partial charge in [-0.3, -0.25) is 9.63 Å². The van der Waals surface area contributed by atoms with Gasteiger partial charge in [0.2, 0.25) is 0 Å². The molecular weight excluding hydrogens is 358 g/mol. The van der Waals surface area contributed by atoms with Gasteiger partial charge in [0.1, 0.15) is 19.0 Å². The number of hydroxylamine groups is 1. The first-order valence-corrected chi connectivity index (χ1v) is 7.39. The second-order valence-corrected chi connectivity index (χ2v) is 5.39. The van der Waals surface area contributed by atoms with Gasteiger partial charge in [-0.15, -0.1) is 0 Å². The number of carbonyl (C=O) groups is 1. The fraction of sp³-hybridized carbons (Fsp3) is 0.133. The van der Waals surface area contributed by atoms with Crippen LogP contribution in [0.1, 0.15) is 10.4 Å². The van der Waals surface area contributed by atoms with Gasteiger partial charge in [0, 0.05) is 4.47 Å². The number of ether oxygens (including phenoxy) is 1. The van der Waals surface area contributed by atoms with E-state index in [-0.39, 0.29) is 6.61 Å². The predicted octanol–water partition coefficient (Wildman–Crippen LogP) is 3.84. The van der Waals surface area contributed by atoms with E-state index < -0.39 is 5.91 Å². The lowest BCUT2D eigenvalue weighted by atomic mass is 10.2. The van der Waals surface area contributed by atoms with Crippen LogP contribution in [0, 0.1) is 0 Å². The average Bonchev–Trinajstić information content (AvgIpc) is 2.50. The molecule has 1 amide bonds. The van der Waals surface area contributed by atoms with Crippen LogP contribution in [0.3, 0.4) is 0 Å². The van der Waals surface area contributed by atoms with Crippen molar-refractivity contribution < 1.29 is 14.4 Å². The number of rotatable bonds is 6. The van der Waals surface area contributed by atoms with Crippen molar-refractivity contribution in [3.05, 3.63) is 63.6 Å². The fourth-order valence-corrected chi connectivity index (χ4v) is 2.13. The van der Waals surface area contributed by atoms with Gasteiger partial charge in [-0.25, -0.2) is 5.48 Å². The highest BCUT2D eigenvalue weighted by Crippen LogP contribution is 2.20. The molecule has 0 bridgehead atoms. The monoisotopic (exact) mass is 369 g/mol. The van der Waals surface area contributed by atoms with Crippen molar-refractivity contribution in [2.75, 3.05) is 13.2 Å². The van der Waals surface area contributed by atoms with Crippen molar-refractivity contribution in [3.63, 3.8) is 0 Å². The summed E-state index contributed by atoms with van der Waals surface area (Å²) in [6.07, 6.45) is 0. The molecule has 2 aromatic rings. The molecule has 0 aliphatic carbocycles. The number of para-hydroxylation sites is 1. The molecule has 2 rings (SSSR count). The molecule has 2 aromatic carbocycles. The van der Waals surface area contributed by atoms with Gasteiger partial charge in [-0.2, -0.15) is 0 Å². The van der Waals surface area contributed by atoms with E-state index in [1.54, 1.807) is 18.2 Å². The summed E-state index contributed by atoms with van der Waals surface area (Å²) in [5.41, 5.74) is 2.67. The van der Waals surface area contributed by atoms with Crippen LogP contribution < -0.4 is 10.2 Å².